The number of halogens is 1. The van der Waals surface area contributed by atoms with Gasteiger partial charge in [0.1, 0.15) is 11.4 Å². The van der Waals surface area contributed by atoms with E-state index in [4.69, 9.17) is 21.1 Å². The molecule has 4 nitrogen and oxygen atoms in total. The highest BCUT2D eigenvalue weighted by Crippen LogP contribution is 2.36. The molecule has 5 heteroatoms. The second-order valence-electron chi connectivity index (χ2n) is 6.97. The molecule has 1 fully saturated rings. The SMILES string of the molecule is CCCOc1ccc(NC(=O)C2(OCCC)CCC(C)CC2)cc1Cl. The van der Waals surface area contributed by atoms with E-state index in [0.29, 0.717) is 35.6 Å². The van der Waals surface area contributed by atoms with Crippen LogP contribution in [0.15, 0.2) is 18.2 Å². The van der Waals surface area contributed by atoms with Crippen molar-refractivity contribution in [3.63, 3.8) is 0 Å². The lowest BCUT2D eigenvalue weighted by atomic mass is 9.78. The number of amides is 1. The average molecular weight is 368 g/mol. The van der Waals surface area contributed by atoms with Crippen LogP contribution in [0, 0.1) is 5.92 Å². The third-order valence-corrected chi connectivity index (χ3v) is 5.03. The summed E-state index contributed by atoms with van der Waals surface area (Å²) in [5.74, 6) is 1.23. The van der Waals surface area contributed by atoms with Gasteiger partial charge in [-0.15, -0.1) is 0 Å². The molecule has 0 atom stereocenters. The smallest absolute Gasteiger partial charge is 0.256 e. The Morgan fingerprint density at radius 1 is 1.24 bits per heavy atom. The number of ether oxygens (including phenoxy) is 2. The first-order chi connectivity index (χ1) is 12.0. The molecule has 2 rings (SSSR count). The minimum atomic E-state index is -0.716. The fourth-order valence-corrected chi connectivity index (χ4v) is 3.35. The summed E-state index contributed by atoms with van der Waals surface area (Å²) in [4.78, 5) is 13.0. The summed E-state index contributed by atoms with van der Waals surface area (Å²) in [5.41, 5.74) is -0.0382. The van der Waals surface area contributed by atoms with Crippen molar-refractivity contribution in [2.24, 2.45) is 5.92 Å². The molecule has 1 amide bonds. The van der Waals surface area contributed by atoms with Crippen LogP contribution < -0.4 is 10.1 Å². The van der Waals surface area contributed by atoms with Crippen molar-refractivity contribution >= 4 is 23.2 Å². The Hall–Kier alpha value is -1.26. The molecule has 0 spiro atoms. The van der Waals surface area contributed by atoms with Gasteiger partial charge < -0.3 is 14.8 Å². The first kappa shape index (κ1) is 20.1. The van der Waals surface area contributed by atoms with Crippen molar-refractivity contribution in [2.75, 3.05) is 18.5 Å². The average Bonchev–Trinajstić information content (AvgIpc) is 2.61. The zero-order chi connectivity index (χ0) is 18.3. The summed E-state index contributed by atoms with van der Waals surface area (Å²) >= 11 is 6.26. The molecule has 1 N–H and O–H groups in total. The molecule has 1 aromatic rings. The van der Waals surface area contributed by atoms with E-state index < -0.39 is 5.60 Å². The summed E-state index contributed by atoms with van der Waals surface area (Å²) in [6.45, 7) is 7.56. The van der Waals surface area contributed by atoms with Gasteiger partial charge in [0, 0.05) is 12.3 Å². The van der Waals surface area contributed by atoms with Crippen molar-refractivity contribution < 1.29 is 14.3 Å². The largest absolute Gasteiger partial charge is 0.492 e. The molecule has 0 bridgehead atoms. The van der Waals surface area contributed by atoms with Gasteiger partial charge in [-0.25, -0.2) is 0 Å². The maximum absolute atomic E-state index is 13.0. The minimum absolute atomic E-state index is 0.0638. The van der Waals surface area contributed by atoms with Crippen LogP contribution in [0.3, 0.4) is 0 Å². The number of rotatable bonds is 8. The van der Waals surface area contributed by atoms with Gasteiger partial charge in [0.25, 0.3) is 5.91 Å². The molecular weight excluding hydrogens is 338 g/mol. The molecule has 0 aromatic heterocycles. The normalized spacial score (nSPS) is 23.3. The third kappa shape index (κ3) is 5.35. The van der Waals surface area contributed by atoms with E-state index in [1.807, 2.05) is 13.0 Å². The van der Waals surface area contributed by atoms with Gasteiger partial charge in [-0.2, -0.15) is 0 Å². The number of hydrogen-bond donors (Lipinski definition) is 1. The maximum Gasteiger partial charge on any atom is 0.256 e. The summed E-state index contributed by atoms with van der Waals surface area (Å²) in [5, 5.41) is 3.50. The number of carbonyl (C=O) groups is 1. The Morgan fingerprint density at radius 3 is 2.52 bits per heavy atom. The van der Waals surface area contributed by atoms with Crippen LogP contribution in [0.4, 0.5) is 5.69 Å². The van der Waals surface area contributed by atoms with Crippen molar-refractivity contribution in [3.8, 4) is 5.75 Å². The lowest BCUT2D eigenvalue weighted by Crippen LogP contribution is -2.48. The molecule has 0 heterocycles. The summed E-state index contributed by atoms with van der Waals surface area (Å²) in [6, 6.07) is 5.37. The molecule has 1 aliphatic carbocycles. The standard InChI is InChI=1S/C20H30ClNO3/c1-4-12-24-18-7-6-16(14-17(18)21)22-19(23)20(25-13-5-2)10-8-15(3)9-11-20/h6-7,14-15H,4-5,8-13H2,1-3H3,(H,22,23). The van der Waals surface area contributed by atoms with Gasteiger partial charge in [-0.1, -0.05) is 32.4 Å². The minimum Gasteiger partial charge on any atom is -0.492 e. The predicted octanol–water partition coefficient (Wildman–Crippen LogP) is 5.44. The van der Waals surface area contributed by atoms with Crippen molar-refractivity contribution in [3.05, 3.63) is 23.2 Å². The number of carbonyl (C=O) groups excluding carboxylic acids is 1. The van der Waals surface area contributed by atoms with E-state index in [0.717, 1.165) is 38.5 Å². The second-order valence-corrected chi connectivity index (χ2v) is 7.38. The predicted molar refractivity (Wildman–Crippen MR) is 102 cm³/mol. The van der Waals surface area contributed by atoms with E-state index in [-0.39, 0.29) is 5.91 Å². The number of nitrogens with one attached hydrogen (secondary N) is 1. The van der Waals surface area contributed by atoms with E-state index in [1.54, 1.807) is 12.1 Å². The van der Waals surface area contributed by atoms with Crippen molar-refractivity contribution in [1.29, 1.82) is 0 Å². The molecule has 1 aromatic carbocycles. The fraction of sp³-hybridized carbons (Fsp3) is 0.650. The monoisotopic (exact) mass is 367 g/mol. The Labute approximate surface area is 156 Å². The first-order valence-electron chi connectivity index (χ1n) is 9.38. The molecule has 0 radical (unpaired) electrons. The van der Waals surface area contributed by atoms with Crippen molar-refractivity contribution in [2.45, 2.75) is 64.9 Å². The van der Waals surface area contributed by atoms with E-state index >= 15 is 0 Å². The molecule has 1 saturated carbocycles. The van der Waals surface area contributed by atoms with Crippen LogP contribution in [0.1, 0.15) is 59.3 Å². The maximum atomic E-state index is 13.0. The third-order valence-electron chi connectivity index (χ3n) is 4.73. The zero-order valence-corrected chi connectivity index (χ0v) is 16.3. The summed E-state index contributed by atoms with van der Waals surface area (Å²) in [6.07, 6.45) is 5.39. The van der Waals surface area contributed by atoms with Gasteiger partial charge >= 0.3 is 0 Å². The van der Waals surface area contributed by atoms with E-state index in [9.17, 15) is 4.79 Å². The molecule has 0 saturated heterocycles. The number of hydrogen-bond acceptors (Lipinski definition) is 3. The zero-order valence-electron chi connectivity index (χ0n) is 15.6. The Morgan fingerprint density at radius 2 is 1.92 bits per heavy atom. The molecule has 140 valence electrons. The number of anilines is 1. The Bertz CT molecular complexity index is 563. The Balaban J connectivity index is 2.08. The van der Waals surface area contributed by atoms with Gasteiger partial charge in [-0.3, -0.25) is 4.79 Å². The molecule has 0 unspecified atom stereocenters. The van der Waals surface area contributed by atoms with E-state index in [1.165, 1.54) is 0 Å². The lowest BCUT2D eigenvalue weighted by Gasteiger charge is -2.38. The fourth-order valence-electron chi connectivity index (χ4n) is 3.12. The van der Waals surface area contributed by atoms with Crippen LogP contribution in [0.25, 0.3) is 0 Å². The molecule has 0 aliphatic heterocycles. The molecule has 25 heavy (non-hydrogen) atoms. The highest BCUT2D eigenvalue weighted by Gasteiger charge is 2.42. The van der Waals surface area contributed by atoms with Crippen LogP contribution in [0.2, 0.25) is 5.02 Å². The molecule has 1 aliphatic rings. The second kappa shape index (κ2) is 9.44. The van der Waals surface area contributed by atoms with Crippen LogP contribution in [-0.2, 0) is 9.53 Å². The van der Waals surface area contributed by atoms with Crippen LogP contribution in [0.5, 0.6) is 5.75 Å². The van der Waals surface area contributed by atoms with Gasteiger partial charge in [0.2, 0.25) is 0 Å². The summed E-state index contributed by atoms with van der Waals surface area (Å²) < 4.78 is 11.6. The van der Waals surface area contributed by atoms with Gasteiger partial charge in [0.05, 0.1) is 11.6 Å². The first-order valence-corrected chi connectivity index (χ1v) is 9.76. The summed E-state index contributed by atoms with van der Waals surface area (Å²) in [7, 11) is 0. The van der Waals surface area contributed by atoms with Crippen molar-refractivity contribution in [1.82, 2.24) is 0 Å². The highest BCUT2D eigenvalue weighted by atomic mass is 35.5. The lowest BCUT2D eigenvalue weighted by molar-refractivity contribution is -0.147. The quantitative estimate of drug-likeness (QED) is 0.665. The van der Waals surface area contributed by atoms with Crippen LogP contribution in [-0.4, -0.2) is 24.7 Å². The Kier molecular flexibility index (Phi) is 7.57. The van der Waals surface area contributed by atoms with Gasteiger partial charge in [-0.05, 0) is 62.6 Å². The topological polar surface area (TPSA) is 47.6 Å². The number of benzene rings is 1. The van der Waals surface area contributed by atoms with Gasteiger partial charge in [0.15, 0.2) is 0 Å². The highest BCUT2D eigenvalue weighted by molar-refractivity contribution is 6.32. The molecular formula is C20H30ClNO3. The van der Waals surface area contributed by atoms with Crippen LogP contribution >= 0.6 is 11.6 Å². The van der Waals surface area contributed by atoms with E-state index in [2.05, 4.69) is 19.2 Å².